The first-order valence-electron chi connectivity index (χ1n) is 10.9. The molecule has 2 atom stereocenters. The molecule has 29 heavy (non-hydrogen) atoms. The zero-order chi connectivity index (χ0) is 20.9. The number of rotatable bonds is 6. The molecule has 1 heterocycles. The molecule has 0 amide bonds. The van der Waals surface area contributed by atoms with Crippen LogP contribution in [0.3, 0.4) is 0 Å². The quantitative estimate of drug-likeness (QED) is 0.671. The van der Waals surface area contributed by atoms with Gasteiger partial charge in [-0.25, -0.2) is 0 Å². The van der Waals surface area contributed by atoms with Gasteiger partial charge in [0.15, 0.2) is 8.32 Å². The smallest absolute Gasteiger partial charge is 0.192 e. The van der Waals surface area contributed by atoms with Crippen LogP contribution in [-0.2, 0) is 17.4 Å². The van der Waals surface area contributed by atoms with Crippen molar-refractivity contribution < 1.29 is 4.43 Å². The number of nitrogens with one attached hydrogen (secondary N) is 1. The van der Waals surface area contributed by atoms with Crippen LogP contribution in [0.2, 0.25) is 18.1 Å². The first kappa shape index (κ1) is 22.2. The molecule has 1 aliphatic rings. The molecule has 0 spiro atoms. The fraction of sp³-hybridized carbons (Fsp3) is 0.520. The van der Waals surface area contributed by atoms with Gasteiger partial charge in [-0.05, 0) is 35.7 Å². The van der Waals surface area contributed by atoms with E-state index in [2.05, 4.69) is 105 Å². The summed E-state index contributed by atoms with van der Waals surface area (Å²) in [6, 6.07) is 22.2. The Bertz CT molecular complexity index is 742. The third kappa shape index (κ3) is 6.26. The van der Waals surface area contributed by atoms with Gasteiger partial charge in [0.2, 0.25) is 0 Å². The van der Waals surface area contributed by atoms with E-state index < -0.39 is 8.32 Å². The lowest BCUT2D eigenvalue weighted by molar-refractivity contribution is 0.110. The van der Waals surface area contributed by atoms with E-state index in [0.717, 1.165) is 32.6 Å². The van der Waals surface area contributed by atoms with Crippen molar-refractivity contribution in [3.63, 3.8) is 0 Å². The molecule has 3 rings (SSSR count). The predicted octanol–water partition coefficient (Wildman–Crippen LogP) is 5.09. The minimum atomic E-state index is -1.80. The summed E-state index contributed by atoms with van der Waals surface area (Å²) in [6.45, 7) is 15.6. The molecular weight excluding hydrogens is 372 g/mol. The first-order chi connectivity index (χ1) is 13.7. The second-order valence-corrected chi connectivity index (χ2v) is 14.7. The normalized spacial score (nSPS) is 21.7. The standard InChI is InChI=1S/C25H38N2OSi/c1-25(2,3)29(4,5)28-24-18-26-17-23(16-21-12-8-6-9-13-21)27(20-24)19-22-14-10-7-11-15-22/h6-15,23-24,26H,16-20H2,1-5H3. The molecule has 0 aromatic heterocycles. The Morgan fingerprint density at radius 2 is 1.52 bits per heavy atom. The van der Waals surface area contributed by atoms with Crippen molar-refractivity contribution in [3.05, 3.63) is 71.8 Å². The first-order valence-corrected chi connectivity index (χ1v) is 13.9. The van der Waals surface area contributed by atoms with E-state index in [4.69, 9.17) is 4.43 Å². The van der Waals surface area contributed by atoms with E-state index in [-0.39, 0.29) is 11.1 Å². The summed E-state index contributed by atoms with van der Waals surface area (Å²) >= 11 is 0. The summed E-state index contributed by atoms with van der Waals surface area (Å²) in [6.07, 6.45) is 1.30. The maximum atomic E-state index is 6.82. The molecule has 0 radical (unpaired) electrons. The number of benzene rings is 2. The second-order valence-electron chi connectivity index (χ2n) is 9.92. The Morgan fingerprint density at radius 1 is 0.931 bits per heavy atom. The highest BCUT2D eigenvalue weighted by Gasteiger charge is 2.40. The van der Waals surface area contributed by atoms with Crippen molar-refractivity contribution in [2.75, 3.05) is 19.6 Å². The molecule has 1 fully saturated rings. The van der Waals surface area contributed by atoms with Crippen LogP contribution in [0.1, 0.15) is 31.9 Å². The zero-order valence-electron chi connectivity index (χ0n) is 18.8. The lowest BCUT2D eigenvalue weighted by Crippen LogP contribution is -2.49. The van der Waals surface area contributed by atoms with Gasteiger partial charge >= 0.3 is 0 Å². The molecule has 0 bridgehead atoms. The molecule has 2 aromatic rings. The van der Waals surface area contributed by atoms with Gasteiger partial charge in [0.25, 0.3) is 0 Å². The van der Waals surface area contributed by atoms with Crippen molar-refractivity contribution in [2.45, 2.75) is 64.0 Å². The average Bonchev–Trinajstić information content (AvgIpc) is 2.84. The van der Waals surface area contributed by atoms with Gasteiger partial charge in [-0.2, -0.15) is 0 Å². The summed E-state index contributed by atoms with van der Waals surface area (Å²) in [5.74, 6) is 0. The SMILES string of the molecule is CC(C)(C)[Si](C)(C)OC1CNCC(Cc2ccccc2)N(Cc2ccccc2)C1. The van der Waals surface area contributed by atoms with Crippen LogP contribution in [-0.4, -0.2) is 45.0 Å². The van der Waals surface area contributed by atoms with Gasteiger partial charge in [-0.1, -0.05) is 81.4 Å². The van der Waals surface area contributed by atoms with Crippen molar-refractivity contribution in [2.24, 2.45) is 0 Å². The maximum absolute atomic E-state index is 6.82. The molecule has 2 aromatic carbocycles. The highest BCUT2D eigenvalue weighted by Crippen LogP contribution is 2.37. The molecule has 3 nitrogen and oxygen atoms in total. The van der Waals surface area contributed by atoms with Gasteiger partial charge in [0.05, 0.1) is 6.10 Å². The van der Waals surface area contributed by atoms with Crippen LogP contribution in [0.25, 0.3) is 0 Å². The van der Waals surface area contributed by atoms with Crippen LogP contribution in [0, 0.1) is 0 Å². The van der Waals surface area contributed by atoms with Gasteiger partial charge in [-0.15, -0.1) is 0 Å². The van der Waals surface area contributed by atoms with Crippen LogP contribution < -0.4 is 5.32 Å². The van der Waals surface area contributed by atoms with E-state index in [9.17, 15) is 0 Å². The number of hydrogen-bond acceptors (Lipinski definition) is 3. The molecule has 1 N–H and O–H groups in total. The van der Waals surface area contributed by atoms with E-state index in [1.165, 1.54) is 11.1 Å². The van der Waals surface area contributed by atoms with Crippen molar-refractivity contribution >= 4 is 8.32 Å². The van der Waals surface area contributed by atoms with Crippen LogP contribution in [0.4, 0.5) is 0 Å². The number of nitrogens with zero attached hydrogens (tertiary/aromatic N) is 1. The molecule has 158 valence electrons. The molecule has 4 heteroatoms. The Balaban J connectivity index is 1.78. The minimum absolute atomic E-state index is 0.229. The van der Waals surface area contributed by atoms with Gasteiger partial charge in [-0.3, -0.25) is 4.90 Å². The summed E-state index contributed by atoms with van der Waals surface area (Å²) in [5, 5.41) is 3.94. The maximum Gasteiger partial charge on any atom is 0.192 e. The third-order valence-electron chi connectivity index (χ3n) is 6.52. The fourth-order valence-electron chi connectivity index (χ4n) is 3.79. The predicted molar refractivity (Wildman–Crippen MR) is 126 cm³/mol. The summed E-state index contributed by atoms with van der Waals surface area (Å²) in [7, 11) is -1.80. The van der Waals surface area contributed by atoms with E-state index in [1.54, 1.807) is 0 Å². The average molecular weight is 411 g/mol. The fourth-order valence-corrected chi connectivity index (χ4v) is 5.13. The Labute approximate surface area is 178 Å². The van der Waals surface area contributed by atoms with Crippen LogP contribution >= 0.6 is 0 Å². The van der Waals surface area contributed by atoms with Gasteiger partial charge < -0.3 is 9.74 Å². The molecule has 0 aliphatic carbocycles. The molecule has 1 aliphatic heterocycles. The van der Waals surface area contributed by atoms with E-state index >= 15 is 0 Å². The second kappa shape index (κ2) is 9.56. The Morgan fingerprint density at radius 3 is 2.10 bits per heavy atom. The van der Waals surface area contributed by atoms with Crippen LogP contribution in [0.15, 0.2) is 60.7 Å². The lowest BCUT2D eigenvalue weighted by atomic mass is 10.0. The topological polar surface area (TPSA) is 24.5 Å². The molecule has 2 unspecified atom stereocenters. The van der Waals surface area contributed by atoms with Gasteiger partial charge in [0.1, 0.15) is 0 Å². The summed E-state index contributed by atoms with van der Waals surface area (Å²) in [4.78, 5) is 2.64. The molecular formula is C25H38N2OSi. The van der Waals surface area contributed by atoms with E-state index in [0.29, 0.717) is 6.04 Å². The van der Waals surface area contributed by atoms with Crippen molar-refractivity contribution in [1.82, 2.24) is 10.2 Å². The molecule has 0 saturated carbocycles. The van der Waals surface area contributed by atoms with Crippen molar-refractivity contribution in [1.29, 1.82) is 0 Å². The van der Waals surface area contributed by atoms with Crippen LogP contribution in [0.5, 0.6) is 0 Å². The van der Waals surface area contributed by atoms with E-state index in [1.807, 2.05) is 0 Å². The molecule has 1 saturated heterocycles. The Kier molecular flexibility index (Phi) is 7.33. The number of hydrogen-bond donors (Lipinski definition) is 1. The Hall–Kier alpha value is -1.46. The highest BCUT2D eigenvalue weighted by molar-refractivity contribution is 6.74. The van der Waals surface area contributed by atoms with Gasteiger partial charge in [0, 0.05) is 32.2 Å². The zero-order valence-corrected chi connectivity index (χ0v) is 19.8. The summed E-state index contributed by atoms with van der Waals surface area (Å²) < 4.78 is 6.82. The summed E-state index contributed by atoms with van der Waals surface area (Å²) in [5.41, 5.74) is 2.78. The lowest BCUT2D eigenvalue weighted by Gasteiger charge is -2.40. The minimum Gasteiger partial charge on any atom is -0.411 e. The largest absolute Gasteiger partial charge is 0.411 e. The third-order valence-corrected chi connectivity index (χ3v) is 11.1. The van der Waals surface area contributed by atoms with Crippen molar-refractivity contribution in [3.8, 4) is 0 Å². The monoisotopic (exact) mass is 410 g/mol. The highest BCUT2D eigenvalue weighted by atomic mass is 28.4.